The monoisotopic (exact) mass is 362 g/mol. The van der Waals surface area contributed by atoms with Gasteiger partial charge in [-0.2, -0.15) is 4.98 Å². The average Bonchev–Trinajstić information content (AvgIpc) is 3.33. The van der Waals surface area contributed by atoms with Crippen molar-refractivity contribution in [1.29, 1.82) is 0 Å². The number of rotatable bonds is 6. The lowest BCUT2D eigenvalue weighted by Crippen LogP contribution is -2.24. The van der Waals surface area contributed by atoms with E-state index in [1.165, 1.54) is 0 Å². The molecule has 136 valence electrons. The molecule has 0 saturated heterocycles. The van der Waals surface area contributed by atoms with Crippen LogP contribution in [0.25, 0.3) is 22.3 Å². The van der Waals surface area contributed by atoms with E-state index in [9.17, 15) is 4.79 Å². The number of nitrogens with zero attached hydrogens (tertiary/aromatic N) is 2. The Hall–Kier alpha value is -3.61. The molecule has 0 bridgehead atoms. The molecule has 0 aliphatic carbocycles. The third kappa shape index (κ3) is 3.67. The summed E-state index contributed by atoms with van der Waals surface area (Å²) in [5.41, 5.74) is 2.87. The summed E-state index contributed by atoms with van der Waals surface area (Å²) in [4.78, 5) is 19.7. The van der Waals surface area contributed by atoms with Crippen molar-refractivity contribution in [2.45, 2.75) is 13.0 Å². The Balaban J connectivity index is 1.37. The first-order valence-electron chi connectivity index (χ1n) is 8.51. The molecular weight excluding hydrogens is 344 g/mol. The highest BCUT2D eigenvalue weighted by molar-refractivity contribution is 5.84. The zero-order valence-electron chi connectivity index (χ0n) is 14.7. The van der Waals surface area contributed by atoms with Gasteiger partial charge < -0.3 is 19.6 Å². The fourth-order valence-corrected chi connectivity index (χ4v) is 2.86. The molecule has 7 heteroatoms. The minimum Gasteiger partial charge on any atom is -0.497 e. The van der Waals surface area contributed by atoms with Crippen molar-refractivity contribution < 1.29 is 14.1 Å². The van der Waals surface area contributed by atoms with Crippen LogP contribution in [0.15, 0.2) is 59.3 Å². The zero-order valence-corrected chi connectivity index (χ0v) is 14.7. The van der Waals surface area contributed by atoms with E-state index in [1.54, 1.807) is 7.11 Å². The molecule has 2 aromatic carbocycles. The number of carbonyl (C=O) groups is 1. The lowest BCUT2D eigenvalue weighted by Gasteiger charge is -2.02. The van der Waals surface area contributed by atoms with Crippen molar-refractivity contribution in [2.24, 2.45) is 0 Å². The zero-order chi connectivity index (χ0) is 18.6. The largest absolute Gasteiger partial charge is 0.497 e. The number of ether oxygens (including phenoxy) is 1. The molecule has 0 spiro atoms. The number of fused-ring (bicyclic) bond motifs is 1. The molecule has 0 aliphatic heterocycles. The summed E-state index contributed by atoms with van der Waals surface area (Å²) in [5.74, 6) is 1.29. The van der Waals surface area contributed by atoms with Crippen molar-refractivity contribution >= 4 is 16.8 Å². The Morgan fingerprint density at radius 1 is 1.19 bits per heavy atom. The summed E-state index contributed by atoms with van der Waals surface area (Å²) in [6.45, 7) is 0.433. The maximum Gasteiger partial charge on any atom is 0.236 e. The van der Waals surface area contributed by atoms with Crippen LogP contribution in [-0.4, -0.2) is 28.1 Å². The maximum atomic E-state index is 12.2. The van der Waals surface area contributed by atoms with E-state index in [2.05, 4.69) is 20.4 Å². The van der Waals surface area contributed by atoms with E-state index in [0.717, 1.165) is 27.8 Å². The number of aromatic nitrogens is 3. The molecule has 2 aromatic heterocycles. The lowest BCUT2D eigenvalue weighted by molar-refractivity contribution is -0.120. The first-order chi connectivity index (χ1) is 13.2. The Labute approximate surface area is 155 Å². The van der Waals surface area contributed by atoms with Crippen molar-refractivity contribution in [2.75, 3.05) is 7.11 Å². The summed E-state index contributed by atoms with van der Waals surface area (Å²) in [6, 6.07) is 15.3. The van der Waals surface area contributed by atoms with Crippen LogP contribution in [0, 0.1) is 0 Å². The van der Waals surface area contributed by atoms with Crippen LogP contribution in [-0.2, 0) is 17.8 Å². The van der Waals surface area contributed by atoms with E-state index in [4.69, 9.17) is 9.26 Å². The molecular formula is C20H18N4O3. The maximum absolute atomic E-state index is 12.2. The fraction of sp³-hybridized carbons (Fsp3) is 0.150. The van der Waals surface area contributed by atoms with Crippen molar-refractivity contribution in [1.82, 2.24) is 20.4 Å². The molecule has 7 nitrogen and oxygen atoms in total. The van der Waals surface area contributed by atoms with E-state index < -0.39 is 0 Å². The summed E-state index contributed by atoms with van der Waals surface area (Å²) in [7, 11) is 1.61. The van der Waals surface area contributed by atoms with Crippen LogP contribution in [0.5, 0.6) is 5.75 Å². The number of aromatic amines is 1. The third-order valence-corrected chi connectivity index (χ3v) is 4.28. The number of para-hydroxylation sites is 1. The Morgan fingerprint density at radius 2 is 2.00 bits per heavy atom. The Kier molecular flexibility index (Phi) is 4.57. The molecule has 4 rings (SSSR count). The number of benzene rings is 2. The molecule has 0 unspecified atom stereocenters. The molecule has 27 heavy (non-hydrogen) atoms. The predicted octanol–water partition coefficient (Wildman–Crippen LogP) is 3.09. The van der Waals surface area contributed by atoms with Gasteiger partial charge in [-0.15, -0.1) is 0 Å². The van der Waals surface area contributed by atoms with Gasteiger partial charge in [0.15, 0.2) is 0 Å². The Bertz CT molecular complexity index is 1070. The molecule has 0 aliphatic rings. The summed E-state index contributed by atoms with van der Waals surface area (Å²) < 4.78 is 10.3. The Morgan fingerprint density at radius 3 is 2.81 bits per heavy atom. The van der Waals surface area contributed by atoms with Crippen LogP contribution in [0.3, 0.4) is 0 Å². The summed E-state index contributed by atoms with van der Waals surface area (Å²) in [6.07, 6.45) is 1.94. The molecule has 0 atom stereocenters. The summed E-state index contributed by atoms with van der Waals surface area (Å²) >= 11 is 0. The molecule has 0 fully saturated rings. The highest BCUT2D eigenvalue weighted by Gasteiger charge is 2.13. The number of nitrogens with one attached hydrogen (secondary N) is 2. The van der Waals surface area contributed by atoms with Crippen molar-refractivity contribution in [3.05, 3.63) is 66.2 Å². The predicted molar refractivity (Wildman–Crippen MR) is 100 cm³/mol. The van der Waals surface area contributed by atoms with E-state index in [0.29, 0.717) is 12.4 Å². The van der Waals surface area contributed by atoms with Crippen LogP contribution < -0.4 is 10.1 Å². The molecule has 1 amide bonds. The SMILES string of the molecule is COc1ccc(-c2noc(CC(=O)NCc3c[nH]c4ccccc34)n2)cc1. The highest BCUT2D eigenvalue weighted by Crippen LogP contribution is 2.20. The third-order valence-electron chi connectivity index (χ3n) is 4.28. The number of hydrogen-bond donors (Lipinski definition) is 2. The van der Waals surface area contributed by atoms with Gasteiger partial charge in [0, 0.05) is 29.2 Å². The van der Waals surface area contributed by atoms with Gasteiger partial charge in [-0.05, 0) is 35.9 Å². The van der Waals surface area contributed by atoms with Crippen molar-refractivity contribution in [3.8, 4) is 17.1 Å². The number of hydrogen-bond acceptors (Lipinski definition) is 5. The van der Waals surface area contributed by atoms with Gasteiger partial charge in [0.1, 0.15) is 12.2 Å². The number of carbonyl (C=O) groups excluding carboxylic acids is 1. The quantitative estimate of drug-likeness (QED) is 0.550. The number of H-pyrrole nitrogens is 1. The average molecular weight is 362 g/mol. The van der Waals surface area contributed by atoms with Gasteiger partial charge in [0.2, 0.25) is 17.6 Å². The molecule has 2 heterocycles. The van der Waals surface area contributed by atoms with Gasteiger partial charge >= 0.3 is 0 Å². The fourth-order valence-electron chi connectivity index (χ4n) is 2.86. The van der Waals surface area contributed by atoms with Crippen LogP contribution in [0.2, 0.25) is 0 Å². The van der Waals surface area contributed by atoms with E-state index >= 15 is 0 Å². The van der Waals surface area contributed by atoms with Gasteiger partial charge in [0.25, 0.3) is 0 Å². The van der Waals surface area contributed by atoms with E-state index in [-0.39, 0.29) is 18.2 Å². The summed E-state index contributed by atoms with van der Waals surface area (Å²) in [5, 5.41) is 7.92. The lowest BCUT2D eigenvalue weighted by atomic mass is 10.2. The normalized spacial score (nSPS) is 10.9. The van der Waals surface area contributed by atoms with E-state index in [1.807, 2.05) is 54.7 Å². The van der Waals surface area contributed by atoms with Gasteiger partial charge in [-0.3, -0.25) is 4.79 Å². The standard InChI is InChI=1S/C20H18N4O3/c1-26-15-8-6-13(7-9-15)20-23-19(27-24-20)10-18(25)22-12-14-11-21-17-5-3-2-4-16(14)17/h2-9,11,21H,10,12H2,1H3,(H,22,25). The topological polar surface area (TPSA) is 93.0 Å². The number of amides is 1. The van der Waals surface area contributed by atoms with Crippen LogP contribution in [0.1, 0.15) is 11.5 Å². The van der Waals surface area contributed by atoms with Gasteiger partial charge in [0.05, 0.1) is 7.11 Å². The second-order valence-corrected chi connectivity index (χ2v) is 6.05. The van der Waals surface area contributed by atoms with Crippen LogP contribution >= 0.6 is 0 Å². The second-order valence-electron chi connectivity index (χ2n) is 6.05. The van der Waals surface area contributed by atoms with Gasteiger partial charge in [-0.1, -0.05) is 23.4 Å². The minimum atomic E-state index is -0.176. The first kappa shape index (κ1) is 16.8. The molecule has 0 saturated carbocycles. The van der Waals surface area contributed by atoms with Crippen LogP contribution in [0.4, 0.5) is 0 Å². The molecule has 0 radical (unpaired) electrons. The van der Waals surface area contributed by atoms with Gasteiger partial charge in [-0.25, -0.2) is 0 Å². The first-order valence-corrected chi connectivity index (χ1v) is 8.51. The second kappa shape index (κ2) is 7.33. The number of methoxy groups -OCH3 is 1. The molecule has 4 aromatic rings. The molecule has 2 N–H and O–H groups in total. The van der Waals surface area contributed by atoms with Crippen molar-refractivity contribution in [3.63, 3.8) is 0 Å². The smallest absolute Gasteiger partial charge is 0.236 e. The highest BCUT2D eigenvalue weighted by atomic mass is 16.5. The minimum absolute atomic E-state index is 0.0332.